The molecule has 0 radical (unpaired) electrons. The Morgan fingerprint density at radius 2 is 1.79 bits per heavy atom. The number of hydrogen-bond acceptors (Lipinski definition) is 5. The molecule has 3 N–H and O–H groups in total. The maximum Gasteiger partial charge on any atom is 0.161 e. The topological polar surface area (TPSA) is 67.1 Å². The van der Waals surface area contributed by atoms with E-state index in [-0.39, 0.29) is 0 Å². The molecule has 7 heteroatoms. The van der Waals surface area contributed by atoms with Gasteiger partial charge in [-0.15, -0.1) is 0 Å². The number of nitrogens with one attached hydrogen (secondary N) is 1. The number of benzene rings is 2. The number of nitrogens with two attached hydrogens (primary N) is 1. The summed E-state index contributed by atoms with van der Waals surface area (Å²) >= 11 is 12.1. The average molecular weight is 360 g/mol. The molecular weight excluding hydrogens is 345 g/mol. The summed E-state index contributed by atoms with van der Waals surface area (Å²) in [4.78, 5) is 10.4. The summed E-state index contributed by atoms with van der Waals surface area (Å²) in [5, 5.41) is 4.17. The lowest BCUT2D eigenvalue weighted by Crippen LogP contribution is -2.15. The van der Waals surface area contributed by atoms with Gasteiger partial charge in [0.25, 0.3) is 0 Å². The molecule has 3 rings (SSSR count). The first-order valence-electron chi connectivity index (χ1n) is 7.17. The number of nitrogen functional groups attached to an aromatic ring is 1. The number of rotatable bonds is 4. The quantitative estimate of drug-likeness (QED) is 0.694. The van der Waals surface area contributed by atoms with E-state index in [0.717, 1.165) is 5.69 Å². The minimum absolute atomic E-state index is 0.426. The van der Waals surface area contributed by atoms with Gasteiger partial charge in [0.05, 0.1) is 10.7 Å². The predicted molar refractivity (Wildman–Crippen MR) is 101 cm³/mol. The van der Waals surface area contributed by atoms with Gasteiger partial charge in [-0.3, -0.25) is 0 Å². The van der Waals surface area contributed by atoms with Gasteiger partial charge in [0.1, 0.15) is 12.0 Å². The second-order valence-electron chi connectivity index (χ2n) is 5.10. The minimum Gasteiger partial charge on any atom is -0.393 e. The summed E-state index contributed by atoms with van der Waals surface area (Å²) in [7, 11) is 1.90. The molecule has 5 nitrogen and oxygen atoms in total. The third-order valence-electron chi connectivity index (χ3n) is 3.51. The van der Waals surface area contributed by atoms with Crippen LogP contribution in [-0.4, -0.2) is 17.0 Å². The molecule has 1 aromatic heterocycles. The predicted octanol–water partition coefficient (Wildman–Crippen LogP) is 4.88. The highest BCUT2D eigenvalue weighted by molar-refractivity contribution is 6.36. The fraction of sp³-hybridized carbons (Fsp3) is 0.0588. The zero-order chi connectivity index (χ0) is 17.1. The molecule has 0 unspecified atom stereocenters. The molecular formula is C17H15Cl2N5. The van der Waals surface area contributed by atoms with E-state index in [9.17, 15) is 0 Å². The van der Waals surface area contributed by atoms with E-state index in [2.05, 4.69) is 15.3 Å². The SMILES string of the molecule is CN(c1ccccc1)c1ncnc(Nc2ccc(Cl)cc2Cl)c1N. The minimum atomic E-state index is 0.426. The third-order valence-corrected chi connectivity index (χ3v) is 4.06. The average Bonchev–Trinajstić information content (AvgIpc) is 2.59. The molecule has 0 aliphatic carbocycles. The molecule has 122 valence electrons. The first-order valence-corrected chi connectivity index (χ1v) is 7.93. The van der Waals surface area contributed by atoms with Crippen LogP contribution in [0.5, 0.6) is 0 Å². The van der Waals surface area contributed by atoms with Crippen molar-refractivity contribution >= 4 is 51.9 Å². The number of anilines is 5. The normalized spacial score (nSPS) is 10.5. The van der Waals surface area contributed by atoms with Crippen LogP contribution in [0.4, 0.5) is 28.7 Å². The smallest absolute Gasteiger partial charge is 0.161 e. The molecule has 0 atom stereocenters. The molecule has 0 saturated carbocycles. The Kier molecular flexibility index (Phi) is 4.74. The van der Waals surface area contributed by atoms with Gasteiger partial charge in [-0.05, 0) is 30.3 Å². The van der Waals surface area contributed by atoms with Gasteiger partial charge in [0.2, 0.25) is 0 Å². The molecule has 0 aliphatic heterocycles. The maximum atomic E-state index is 6.25. The number of hydrogen-bond donors (Lipinski definition) is 2. The second kappa shape index (κ2) is 6.95. The van der Waals surface area contributed by atoms with Crippen LogP contribution in [0.1, 0.15) is 0 Å². The highest BCUT2D eigenvalue weighted by Crippen LogP contribution is 2.34. The summed E-state index contributed by atoms with van der Waals surface area (Å²) in [6.07, 6.45) is 1.46. The molecule has 0 aliphatic rings. The lowest BCUT2D eigenvalue weighted by Gasteiger charge is -2.21. The summed E-state index contributed by atoms with van der Waals surface area (Å²) in [5.41, 5.74) is 8.31. The highest BCUT2D eigenvalue weighted by Gasteiger charge is 2.14. The van der Waals surface area contributed by atoms with Crippen molar-refractivity contribution in [2.75, 3.05) is 23.0 Å². The van der Waals surface area contributed by atoms with E-state index < -0.39 is 0 Å². The van der Waals surface area contributed by atoms with E-state index >= 15 is 0 Å². The standard InChI is InChI=1S/C17H15Cl2N5/c1-24(12-5-3-2-4-6-12)17-15(20)16(21-10-22-17)23-14-8-7-11(18)9-13(14)19/h2-10H,20H2,1H3,(H,21,22,23). The van der Waals surface area contributed by atoms with E-state index in [1.165, 1.54) is 6.33 Å². The second-order valence-corrected chi connectivity index (χ2v) is 5.95. The molecule has 1 heterocycles. The van der Waals surface area contributed by atoms with Crippen LogP contribution in [-0.2, 0) is 0 Å². The first kappa shape index (κ1) is 16.4. The van der Waals surface area contributed by atoms with Crippen molar-refractivity contribution in [1.82, 2.24) is 9.97 Å². The van der Waals surface area contributed by atoms with Gasteiger partial charge in [0.15, 0.2) is 11.6 Å². The van der Waals surface area contributed by atoms with Crippen LogP contribution in [0.25, 0.3) is 0 Å². The van der Waals surface area contributed by atoms with Crippen LogP contribution in [0.2, 0.25) is 10.0 Å². The van der Waals surface area contributed by atoms with E-state index in [1.807, 2.05) is 42.3 Å². The molecule has 0 spiro atoms. The zero-order valence-electron chi connectivity index (χ0n) is 12.9. The Balaban J connectivity index is 1.94. The van der Waals surface area contributed by atoms with Crippen LogP contribution < -0.4 is 16.0 Å². The van der Waals surface area contributed by atoms with Crippen LogP contribution in [0.15, 0.2) is 54.9 Å². The summed E-state index contributed by atoms with van der Waals surface area (Å²) in [6, 6.07) is 15.0. The van der Waals surface area contributed by atoms with Crippen LogP contribution >= 0.6 is 23.2 Å². The fourth-order valence-corrected chi connectivity index (χ4v) is 2.70. The Bertz CT molecular complexity index is 855. The largest absolute Gasteiger partial charge is 0.393 e. The molecule has 0 amide bonds. The Hall–Kier alpha value is -2.50. The lowest BCUT2D eigenvalue weighted by molar-refractivity contribution is 1.09. The van der Waals surface area contributed by atoms with E-state index in [1.54, 1.807) is 18.2 Å². The van der Waals surface area contributed by atoms with E-state index in [0.29, 0.717) is 33.1 Å². The molecule has 0 saturated heterocycles. The van der Waals surface area contributed by atoms with Crippen molar-refractivity contribution in [3.05, 3.63) is 64.9 Å². The highest BCUT2D eigenvalue weighted by atomic mass is 35.5. The Morgan fingerprint density at radius 1 is 1.04 bits per heavy atom. The summed E-state index contributed by atoms with van der Waals surface area (Å²) < 4.78 is 0. The Morgan fingerprint density at radius 3 is 2.50 bits per heavy atom. The molecule has 3 aromatic rings. The van der Waals surface area contributed by atoms with Gasteiger partial charge < -0.3 is 16.0 Å². The number of aromatic nitrogens is 2. The summed E-state index contributed by atoms with van der Waals surface area (Å²) in [6.45, 7) is 0. The van der Waals surface area contributed by atoms with Crippen molar-refractivity contribution in [3.8, 4) is 0 Å². The monoisotopic (exact) mass is 359 g/mol. The van der Waals surface area contributed by atoms with Crippen molar-refractivity contribution in [1.29, 1.82) is 0 Å². The fourth-order valence-electron chi connectivity index (χ4n) is 2.25. The maximum absolute atomic E-state index is 6.25. The van der Waals surface area contributed by atoms with E-state index in [4.69, 9.17) is 28.9 Å². The Labute approximate surface area is 150 Å². The van der Waals surface area contributed by atoms with Crippen LogP contribution in [0, 0.1) is 0 Å². The molecule has 24 heavy (non-hydrogen) atoms. The van der Waals surface area contributed by atoms with Crippen molar-refractivity contribution in [2.45, 2.75) is 0 Å². The van der Waals surface area contributed by atoms with Crippen molar-refractivity contribution < 1.29 is 0 Å². The molecule has 0 fully saturated rings. The van der Waals surface area contributed by atoms with Gasteiger partial charge in [-0.25, -0.2) is 9.97 Å². The number of para-hydroxylation sites is 1. The van der Waals surface area contributed by atoms with Gasteiger partial charge in [-0.2, -0.15) is 0 Å². The van der Waals surface area contributed by atoms with Gasteiger partial charge in [0, 0.05) is 17.8 Å². The number of nitrogens with zero attached hydrogens (tertiary/aromatic N) is 3. The van der Waals surface area contributed by atoms with Gasteiger partial charge >= 0.3 is 0 Å². The number of halogens is 2. The zero-order valence-corrected chi connectivity index (χ0v) is 14.4. The molecule has 2 aromatic carbocycles. The van der Waals surface area contributed by atoms with Crippen molar-refractivity contribution in [2.24, 2.45) is 0 Å². The first-order chi connectivity index (χ1) is 11.6. The van der Waals surface area contributed by atoms with Crippen LogP contribution in [0.3, 0.4) is 0 Å². The lowest BCUT2D eigenvalue weighted by atomic mass is 10.2. The third kappa shape index (κ3) is 3.37. The van der Waals surface area contributed by atoms with Gasteiger partial charge in [-0.1, -0.05) is 41.4 Å². The summed E-state index contributed by atoms with van der Waals surface area (Å²) in [5.74, 6) is 1.08. The van der Waals surface area contributed by atoms with Crippen molar-refractivity contribution in [3.63, 3.8) is 0 Å². The molecule has 0 bridgehead atoms.